The molecule has 1 aromatic heterocycles. The Balaban J connectivity index is 1.97. The Bertz CT molecular complexity index is 391. The summed E-state index contributed by atoms with van der Waals surface area (Å²) in [4.78, 5) is 4.56. The van der Waals surface area contributed by atoms with Crippen molar-refractivity contribution in [2.75, 3.05) is 19.6 Å². The molecule has 0 unspecified atom stereocenters. The fourth-order valence-corrected chi connectivity index (χ4v) is 2.42. The van der Waals surface area contributed by atoms with Gasteiger partial charge in [-0.25, -0.2) is 4.98 Å². The first-order chi connectivity index (χ1) is 7.40. The van der Waals surface area contributed by atoms with Crippen LogP contribution < -0.4 is 11.1 Å². The molecule has 2 rings (SSSR count). The van der Waals surface area contributed by atoms with Gasteiger partial charge in [0.15, 0.2) is 0 Å². The lowest BCUT2D eigenvalue weighted by atomic mass is 10.3. The van der Waals surface area contributed by atoms with Gasteiger partial charge in [-0.15, -0.1) is 11.3 Å². The topological polar surface area (TPSA) is 50.9 Å². The highest BCUT2D eigenvalue weighted by atomic mass is 32.1. The number of fused-ring (bicyclic) bond motifs is 1. The molecule has 3 N–H and O–H groups in total. The molecule has 0 amide bonds. The van der Waals surface area contributed by atoms with Gasteiger partial charge in [0.05, 0.1) is 15.2 Å². The van der Waals surface area contributed by atoms with Crippen molar-refractivity contribution in [1.82, 2.24) is 10.3 Å². The van der Waals surface area contributed by atoms with Gasteiger partial charge in [0, 0.05) is 26.1 Å². The summed E-state index contributed by atoms with van der Waals surface area (Å²) in [6.07, 6.45) is 0.985. The van der Waals surface area contributed by atoms with Crippen LogP contribution in [-0.2, 0) is 6.42 Å². The highest BCUT2D eigenvalue weighted by molar-refractivity contribution is 7.18. The maximum atomic E-state index is 5.39. The second kappa shape index (κ2) is 5.21. The lowest BCUT2D eigenvalue weighted by Gasteiger charge is -1.98. The third kappa shape index (κ3) is 2.75. The highest BCUT2D eigenvalue weighted by Gasteiger charge is 2.01. The summed E-state index contributed by atoms with van der Waals surface area (Å²) in [5.41, 5.74) is 6.50. The van der Waals surface area contributed by atoms with Crippen LogP contribution in [-0.4, -0.2) is 24.6 Å². The van der Waals surface area contributed by atoms with Gasteiger partial charge < -0.3 is 11.1 Å². The van der Waals surface area contributed by atoms with E-state index < -0.39 is 0 Å². The van der Waals surface area contributed by atoms with Crippen LogP contribution >= 0.6 is 11.3 Å². The van der Waals surface area contributed by atoms with E-state index in [-0.39, 0.29) is 0 Å². The molecule has 0 spiro atoms. The van der Waals surface area contributed by atoms with Crippen molar-refractivity contribution in [3.8, 4) is 0 Å². The number of hydrogen-bond acceptors (Lipinski definition) is 4. The van der Waals surface area contributed by atoms with Crippen LogP contribution in [0, 0.1) is 0 Å². The third-order valence-electron chi connectivity index (χ3n) is 2.17. The van der Waals surface area contributed by atoms with Crippen LogP contribution in [0.1, 0.15) is 5.01 Å². The molecule has 0 aliphatic carbocycles. The molecule has 0 radical (unpaired) electrons. The molecule has 0 saturated carbocycles. The van der Waals surface area contributed by atoms with Crippen molar-refractivity contribution in [2.45, 2.75) is 6.42 Å². The fraction of sp³-hybridized carbons (Fsp3) is 0.364. The number of rotatable bonds is 5. The quantitative estimate of drug-likeness (QED) is 0.750. The number of nitrogens with two attached hydrogens (primary N) is 1. The molecule has 4 heteroatoms. The smallest absolute Gasteiger partial charge is 0.0951 e. The monoisotopic (exact) mass is 221 g/mol. The van der Waals surface area contributed by atoms with E-state index in [4.69, 9.17) is 5.73 Å². The van der Waals surface area contributed by atoms with Crippen molar-refractivity contribution in [1.29, 1.82) is 0 Å². The average molecular weight is 221 g/mol. The van der Waals surface area contributed by atoms with E-state index in [1.807, 2.05) is 6.07 Å². The maximum absolute atomic E-state index is 5.39. The van der Waals surface area contributed by atoms with Crippen LogP contribution in [0.25, 0.3) is 10.2 Å². The summed E-state index contributed by atoms with van der Waals surface area (Å²) in [6.45, 7) is 2.53. The van der Waals surface area contributed by atoms with Gasteiger partial charge in [0.25, 0.3) is 0 Å². The Hall–Kier alpha value is -0.970. The minimum absolute atomic E-state index is 0.694. The summed E-state index contributed by atoms with van der Waals surface area (Å²) in [7, 11) is 0. The first-order valence-electron chi connectivity index (χ1n) is 5.15. The van der Waals surface area contributed by atoms with E-state index in [2.05, 4.69) is 28.5 Å². The molecular weight excluding hydrogens is 206 g/mol. The lowest BCUT2D eigenvalue weighted by Crippen LogP contribution is -2.24. The second-order valence-electron chi connectivity index (χ2n) is 3.36. The molecule has 0 saturated heterocycles. The van der Waals surface area contributed by atoms with Crippen LogP contribution in [0.2, 0.25) is 0 Å². The summed E-state index contributed by atoms with van der Waals surface area (Å²) < 4.78 is 1.27. The molecule has 3 nitrogen and oxygen atoms in total. The van der Waals surface area contributed by atoms with Crippen molar-refractivity contribution < 1.29 is 0 Å². The molecule has 15 heavy (non-hydrogen) atoms. The minimum Gasteiger partial charge on any atom is -0.329 e. The molecule has 0 fully saturated rings. The molecule has 80 valence electrons. The zero-order valence-electron chi connectivity index (χ0n) is 8.57. The van der Waals surface area contributed by atoms with Crippen LogP contribution in [0.4, 0.5) is 0 Å². The summed E-state index contributed by atoms with van der Waals surface area (Å²) in [5.74, 6) is 0. The van der Waals surface area contributed by atoms with Gasteiger partial charge in [0.1, 0.15) is 0 Å². The molecule has 0 bridgehead atoms. The Morgan fingerprint density at radius 2 is 2.13 bits per heavy atom. The summed E-state index contributed by atoms with van der Waals surface area (Å²) in [5, 5.41) is 4.46. The van der Waals surface area contributed by atoms with E-state index >= 15 is 0 Å². The number of aromatic nitrogens is 1. The highest BCUT2D eigenvalue weighted by Crippen LogP contribution is 2.21. The zero-order chi connectivity index (χ0) is 10.5. The number of para-hydroxylation sites is 1. The number of benzene rings is 1. The van der Waals surface area contributed by atoms with E-state index in [1.165, 1.54) is 9.71 Å². The van der Waals surface area contributed by atoms with Gasteiger partial charge in [-0.05, 0) is 12.1 Å². The van der Waals surface area contributed by atoms with Gasteiger partial charge in [-0.3, -0.25) is 0 Å². The molecule has 1 heterocycles. The van der Waals surface area contributed by atoms with Crippen molar-refractivity contribution >= 4 is 21.6 Å². The summed E-state index contributed by atoms with van der Waals surface area (Å²) >= 11 is 1.77. The van der Waals surface area contributed by atoms with Crippen LogP contribution in [0.5, 0.6) is 0 Å². The second-order valence-corrected chi connectivity index (χ2v) is 4.48. The number of nitrogens with one attached hydrogen (secondary N) is 1. The van der Waals surface area contributed by atoms with Crippen molar-refractivity contribution in [2.24, 2.45) is 5.73 Å². The van der Waals surface area contributed by atoms with Crippen molar-refractivity contribution in [3.05, 3.63) is 29.3 Å². The lowest BCUT2D eigenvalue weighted by molar-refractivity contribution is 0.688. The Morgan fingerprint density at radius 1 is 1.27 bits per heavy atom. The third-order valence-corrected chi connectivity index (χ3v) is 3.27. The zero-order valence-corrected chi connectivity index (χ0v) is 9.39. The summed E-state index contributed by atoms with van der Waals surface area (Å²) in [6, 6.07) is 8.25. The first-order valence-corrected chi connectivity index (χ1v) is 5.97. The van der Waals surface area contributed by atoms with E-state index in [9.17, 15) is 0 Å². The average Bonchev–Trinajstić information content (AvgIpc) is 2.67. The van der Waals surface area contributed by atoms with Gasteiger partial charge in [0.2, 0.25) is 0 Å². The largest absolute Gasteiger partial charge is 0.329 e. The molecule has 0 aliphatic rings. The number of thiazole rings is 1. The fourth-order valence-electron chi connectivity index (χ4n) is 1.45. The molecular formula is C11H15N3S. The van der Waals surface area contributed by atoms with E-state index in [0.717, 1.165) is 25.0 Å². The Labute approximate surface area is 93.3 Å². The van der Waals surface area contributed by atoms with Crippen LogP contribution in [0.3, 0.4) is 0 Å². The molecule has 0 atom stereocenters. The van der Waals surface area contributed by atoms with Gasteiger partial charge in [-0.1, -0.05) is 12.1 Å². The molecule has 0 aliphatic heterocycles. The first kappa shape index (κ1) is 10.5. The Kier molecular flexibility index (Phi) is 3.66. The predicted octanol–water partition coefficient (Wildman–Crippen LogP) is 1.39. The number of hydrogen-bond donors (Lipinski definition) is 2. The Morgan fingerprint density at radius 3 is 2.93 bits per heavy atom. The molecule has 1 aromatic carbocycles. The van der Waals surface area contributed by atoms with Gasteiger partial charge >= 0.3 is 0 Å². The van der Waals surface area contributed by atoms with E-state index in [0.29, 0.717) is 6.54 Å². The maximum Gasteiger partial charge on any atom is 0.0951 e. The minimum atomic E-state index is 0.694. The number of nitrogens with zero attached hydrogens (tertiary/aromatic N) is 1. The normalized spacial score (nSPS) is 11.0. The van der Waals surface area contributed by atoms with Crippen molar-refractivity contribution in [3.63, 3.8) is 0 Å². The van der Waals surface area contributed by atoms with E-state index in [1.54, 1.807) is 11.3 Å². The standard InChI is InChI=1S/C11H15N3S/c12-6-8-13-7-5-11-14-9-3-1-2-4-10(9)15-11/h1-4,13H,5-8,12H2. The van der Waals surface area contributed by atoms with Gasteiger partial charge in [-0.2, -0.15) is 0 Å². The SMILES string of the molecule is NCCNCCc1nc2ccccc2s1. The predicted molar refractivity (Wildman–Crippen MR) is 65.2 cm³/mol. The molecule has 2 aromatic rings. The van der Waals surface area contributed by atoms with Crippen LogP contribution in [0.15, 0.2) is 24.3 Å².